The van der Waals surface area contributed by atoms with Crippen LogP contribution in [0.5, 0.6) is 0 Å². The van der Waals surface area contributed by atoms with Crippen molar-refractivity contribution in [1.82, 2.24) is 10.3 Å². The van der Waals surface area contributed by atoms with E-state index >= 15 is 0 Å². The highest BCUT2D eigenvalue weighted by atomic mass is 35.5. The Morgan fingerprint density at radius 3 is 2.53 bits per heavy atom. The number of rotatable bonds is 4. The number of pyridine rings is 1. The molecule has 1 heterocycles. The molecule has 0 unspecified atom stereocenters. The van der Waals surface area contributed by atoms with Gasteiger partial charge < -0.3 is 11.1 Å². The van der Waals surface area contributed by atoms with Crippen LogP contribution in [0.15, 0.2) is 24.4 Å². The van der Waals surface area contributed by atoms with E-state index in [9.17, 15) is 4.79 Å². The molecule has 3 N–H and O–H groups in total. The second-order valence-electron chi connectivity index (χ2n) is 3.81. The van der Waals surface area contributed by atoms with Crippen LogP contribution in [0.3, 0.4) is 0 Å². The SMILES string of the molecule is CC(C)[C@@H](N)C(=O)NCc1ccccn1.Cl.Cl. The molecule has 4 nitrogen and oxygen atoms in total. The maximum Gasteiger partial charge on any atom is 0.237 e. The Labute approximate surface area is 114 Å². The summed E-state index contributed by atoms with van der Waals surface area (Å²) in [5.74, 6) is 0.0179. The van der Waals surface area contributed by atoms with Gasteiger partial charge in [-0.15, -0.1) is 24.8 Å². The molecule has 0 aromatic carbocycles. The summed E-state index contributed by atoms with van der Waals surface area (Å²) in [7, 11) is 0. The van der Waals surface area contributed by atoms with Crippen LogP contribution in [-0.2, 0) is 11.3 Å². The Morgan fingerprint density at radius 1 is 1.41 bits per heavy atom. The summed E-state index contributed by atoms with van der Waals surface area (Å²) in [6, 6.07) is 5.14. The minimum atomic E-state index is -0.450. The maximum atomic E-state index is 11.5. The number of nitrogens with two attached hydrogens (primary N) is 1. The molecule has 0 aliphatic heterocycles. The van der Waals surface area contributed by atoms with Gasteiger partial charge in [-0.1, -0.05) is 19.9 Å². The lowest BCUT2D eigenvalue weighted by Gasteiger charge is -2.14. The zero-order valence-electron chi connectivity index (χ0n) is 9.92. The van der Waals surface area contributed by atoms with Crippen molar-refractivity contribution in [2.45, 2.75) is 26.4 Å². The van der Waals surface area contributed by atoms with Crippen LogP contribution in [0.1, 0.15) is 19.5 Å². The molecule has 0 spiro atoms. The van der Waals surface area contributed by atoms with Gasteiger partial charge in [-0.2, -0.15) is 0 Å². The number of carbonyl (C=O) groups excluding carboxylic acids is 1. The highest BCUT2D eigenvalue weighted by molar-refractivity contribution is 5.85. The molecule has 1 amide bonds. The number of hydrogen-bond acceptors (Lipinski definition) is 3. The van der Waals surface area contributed by atoms with E-state index in [1.54, 1.807) is 6.20 Å². The van der Waals surface area contributed by atoms with Gasteiger partial charge in [-0.25, -0.2) is 0 Å². The molecule has 1 aromatic rings. The van der Waals surface area contributed by atoms with Gasteiger partial charge in [0.05, 0.1) is 18.3 Å². The molecule has 0 fully saturated rings. The van der Waals surface area contributed by atoms with Crippen LogP contribution >= 0.6 is 24.8 Å². The quantitative estimate of drug-likeness (QED) is 0.878. The van der Waals surface area contributed by atoms with E-state index < -0.39 is 6.04 Å². The molecule has 0 aliphatic rings. The van der Waals surface area contributed by atoms with Crippen molar-refractivity contribution in [3.8, 4) is 0 Å². The van der Waals surface area contributed by atoms with Gasteiger partial charge in [0.25, 0.3) is 0 Å². The lowest BCUT2D eigenvalue weighted by atomic mass is 10.1. The first-order chi connectivity index (χ1) is 7.11. The zero-order chi connectivity index (χ0) is 11.3. The van der Waals surface area contributed by atoms with E-state index in [1.807, 2.05) is 32.0 Å². The smallest absolute Gasteiger partial charge is 0.237 e. The molecule has 1 atom stereocenters. The number of amides is 1. The highest BCUT2D eigenvalue weighted by Crippen LogP contribution is 1.99. The van der Waals surface area contributed by atoms with Crippen molar-refractivity contribution < 1.29 is 4.79 Å². The first-order valence-corrected chi connectivity index (χ1v) is 5.04. The number of nitrogens with one attached hydrogen (secondary N) is 1. The van der Waals surface area contributed by atoms with Gasteiger partial charge in [0.15, 0.2) is 0 Å². The third kappa shape index (κ3) is 6.46. The fourth-order valence-corrected chi connectivity index (χ4v) is 1.10. The Kier molecular flexibility index (Phi) is 10.0. The lowest BCUT2D eigenvalue weighted by molar-refractivity contribution is -0.123. The summed E-state index contributed by atoms with van der Waals surface area (Å²) in [5, 5.41) is 2.75. The topological polar surface area (TPSA) is 68.0 Å². The summed E-state index contributed by atoms with van der Waals surface area (Å²) >= 11 is 0. The minimum Gasteiger partial charge on any atom is -0.349 e. The molecular formula is C11H19Cl2N3O. The van der Waals surface area contributed by atoms with Crippen LogP contribution < -0.4 is 11.1 Å². The molecule has 1 rings (SSSR count). The van der Waals surface area contributed by atoms with Crippen molar-refractivity contribution in [2.75, 3.05) is 0 Å². The highest BCUT2D eigenvalue weighted by Gasteiger charge is 2.16. The monoisotopic (exact) mass is 279 g/mol. The van der Waals surface area contributed by atoms with Gasteiger partial charge in [0, 0.05) is 6.20 Å². The third-order valence-corrected chi connectivity index (χ3v) is 2.19. The predicted octanol–water partition coefficient (Wildman–Crippen LogP) is 1.52. The molecule has 1 aromatic heterocycles. The molecular weight excluding hydrogens is 261 g/mol. The molecule has 0 aliphatic carbocycles. The van der Waals surface area contributed by atoms with Crippen molar-refractivity contribution in [2.24, 2.45) is 11.7 Å². The van der Waals surface area contributed by atoms with Crippen LogP contribution in [0.2, 0.25) is 0 Å². The maximum absolute atomic E-state index is 11.5. The number of nitrogens with zero attached hydrogens (tertiary/aromatic N) is 1. The van der Waals surface area contributed by atoms with Crippen LogP contribution in [0.4, 0.5) is 0 Å². The molecule has 6 heteroatoms. The first kappa shape index (κ1) is 18.5. The number of carbonyl (C=O) groups is 1. The van der Waals surface area contributed by atoms with Crippen LogP contribution in [0, 0.1) is 5.92 Å². The van der Waals surface area contributed by atoms with Gasteiger partial charge >= 0.3 is 0 Å². The summed E-state index contributed by atoms with van der Waals surface area (Å²) in [6.45, 7) is 4.27. The third-order valence-electron chi connectivity index (χ3n) is 2.19. The molecule has 0 saturated heterocycles. The van der Waals surface area contributed by atoms with Gasteiger partial charge in [-0.05, 0) is 18.1 Å². The van der Waals surface area contributed by atoms with Crippen molar-refractivity contribution in [1.29, 1.82) is 0 Å². The van der Waals surface area contributed by atoms with E-state index in [2.05, 4.69) is 10.3 Å². The Bertz CT molecular complexity index is 320. The largest absolute Gasteiger partial charge is 0.349 e. The van der Waals surface area contributed by atoms with Crippen LogP contribution in [-0.4, -0.2) is 16.9 Å². The van der Waals surface area contributed by atoms with Crippen molar-refractivity contribution in [3.05, 3.63) is 30.1 Å². The normalized spacial score (nSPS) is 11.1. The molecule has 98 valence electrons. The van der Waals surface area contributed by atoms with E-state index in [-0.39, 0.29) is 36.6 Å². The van der Waals surface area contributed by atoms with Crippen LogP contribution in [0.25, 0.3) is 0 Å². The second kappa shape index (κ2) is 9.22. The minimum absolute atomic E-state index is 0. The second-order valence-corrected chi connectivity index (χ2v) is 3.81. The molecule has 0 bridgehead atoms. The van der Waals surface area contributed by atoms with E-state index in [4.69, 9.17) is 5.73 Å². The summed E-state index contributed by atoms with van der Waals surface area (Å²) in [4.78, 5) is 15.6. The lowest BCUT2D eigenvalue weighted by Crippen LogP contribution is -2.43. The summed E-state index contributed by atoms with van der Waals surface area (Å²) < 4.78 is 0. The van der Waals surface area contributed by atoms with Gasteiger partial charge in [0.1, 0.15) is 0 Å². The van der Waals surface area contributed by atoms with E-state index in [0.29, 0.717) is 6.54 Å². The number of hydrogen-bond donors (Lipinski definition) is 2. The first-order valence-electron chi connectivity index (χ1n) is 5.04. The average molecular weight is 280 g/mol. The molecule has 0 saturated carbocycles. The molecule has 0 radical (unpaired) electrons. The van der Waals surface area contributed by atoms with Gasteiger partial charge in [-0.3, -0.25) is 9.78 Å². The van der Waals surface area contributed by atoms with Crippen molar-refractivity contribution in [3.63, 3.8) is 0 Å². The van der Waals surface area contributed by atoms with E-state index in [0.717, 1.165) is 5.69 Å². The zero-order valence-corrected chi connectivity index (χ0v) is 11.6. The summed E-state index contributed by atoms with van der Waals surface area (Å²) in [5.41, 5.74) is 6.53. The molecule has 17 heavy (non-hydrogen) atoms. The number of aromatic nitrogens is 1. The standard InChI is InChI=1S/C11H17N3O.2ClH/c1-8(2)10(12)11(15)14-7-9-5-3-4-6-13-9;;/h3-6,8,10H,7,12H2,1-2H3,(H,14,15);2*1H/t10-;;/m1../s1. The van der Waals surface area contributed by atoms with E-state index in [1.165, 1.54) is 0 Å². The van der Waals surface area contributed by atoms with Gasteiger partial charge in [0.2, 0.25) is 5.91 Å². The fraction of sp³-hybridized carbons (Fsp3) is 0.455. The Hall–Kier alpha value is -0.840. The summed E-state index contributed by atoms with van der Waals surface area (Å²) in [6.07, 6.45) is 1.70. The number of halogens is 2. The fourth-order valence-electron chi connectivity index (χ4n) is 1.10. The Balaban J connectivity index is 0. The van der Waals surface area contributed by atoms with Crippen molar-refractivity contribution >= 4 is 30.7 Å². The predicted molar refractivity (Wildman–Crippen MR) is 73.4 cm³/mol. The Morgan fingerprint density at radius 2 is 2.06 bits per heavy atom. The average Bonchev–Trinajstić information content (AvgIpc) is 2.26.